The number of halogens is 3. The summed E-state index contributed by atoms with van der Waals surface area (Å²) in [6, 6.07) is 2.93. The number of aromatic nitrogens is 4. The van der Waals surface area contributed by atoms with Gasteiger partial charge in [0.1, 0.15) is 6.73 Å². The quantitative estimate of drug-likeness (QED) is 0.136. The summed E-state index contributed by atoms with van der Waals surface area (Å²) < 4.78 is 53.0. The summed E-state index contributed by atoms with van der Waals surface area (Å²) in [5.41, 5.74) is 1.26. The summed E-state index contributed by atoms with van der Waals surface area (Å²) in [6.07, 6.45) is 2.65. The molecule has 1 aliphatic carbocycles. The predicted molar refractivity (Wildman–Crippen MR) is 161 cm³/mol. The summed E-state index contributed by atoms with van der Waals surface area (Å²) in [7, 11) is -0.0685. The van der Waals surface area contributed by atoms with E-state index in [1.54, 1.807) is 6.20 Å². The third-order valence-corrected chi connectivity index (χ3v) is 9.09. The van der Waals surface area contributed by atoms with Crippen molar-refractivity contribution in [2.24, 2.45) is 5.92 Å². The third-order valence-electron chi connectivity index (χ3n) is 7.39. The number of anilines is 3. The van der Waals surface area contributed by atoms with Crippen LogP contribution in [-0.4, -0.2) is 60.1 Å². The second kappa shape index (κ2) is 14.7. The Morgan fingerprint density at radius 3 is 2.48 bits per heavy atom. The minimum atomic E-state index is -4.71. The molecule has 1 atom stereocenters. The van der Waals surface area contributed by atoms with Crippen molar-refractivity contribution in [2.45, 2.75) is 110 Å². The molecule has 13 heteroatoms. The smallest absolute Gasteiger partial charge is 0.451 e. The van der Waals surface area contributed by atoms with E-state index in [2.05, 4.69) is 53.8 Å². The van der Waals surface area contributed by atoms with E-state index in [-0.39, 0.29) is 37.0 Å². The number of nitrogens with zero attached hydrogens (tertiary/aromatic N) is 5. The van der Waals surface area contributed by atoms with E-state index in [1.807, 2.05) is 13.0 Å². The highest BCUT2D eigenvalue weighted by atomic mass is 28.3. The van der Waals surface area contributed by atoms with Gasteiger partial charge in [0.05, 0.1) is 19.2 Å². The van der Waals surface area contributed by atoms with E-state index in [1.165, 1.54) is 13.5 Å². The van der Waals surface area contributed by atoms with E-state index in [4.69, 9.17) is 14.5 Å². The molecule has 0 unspecified atom stereocenters. The molecule has 0 bridgehead atoms. The average Bonchev–Trinajstić information content (AvgIpc) is 3.33. The van der Waals surface area contributed by atoms with E-state index in [0.29, 0.717) is 24.0 Å². The molecule has 0 radical (unpaired) electrons. The fourth-order valence-corrected chi connectivity index (χ4v) is 5.81. The number of rotatable bonds is 14. The lowest BCUT2D eigenvalue weighted by molar-refractivity contribution is -0.150. The minimum absolute atomic E-state index is 0.148. The van der Waals surface area contributed by atoms with Crippen LogP contribution in [0.4, 0.5) is 30.6 Å². The van der Waals surface area contributed by atoms with Gasteiger partial charge < -0.3 is 19.7 Å². The van der Waals surface area contributed by atoms with E-state index in [9.17, 15) is 18.0 Å². The van der Waals surface area contributed by atoms with Gasteiger partial charge in [0.2, 0.25) is 11.8 Å². The zero-order valence-electron chi connectivity index (χ0n) is 26.1. The van der Waals surface area contributed by atoms with Crippen molar-refractivity contribution in [1.29, 1.82) is 0 Å². The molecule has 3 rings (SSSR count). The average molecular weight is 613 g/mol. The first-order valence-electron chi connectivity index (χ1n) is 14.9. The highest BCUT2D eigenvalue weighted by Gasteiger charge is 2.38. The largest absolute Gasteiger partial charge is 0.469 e. The molecule has 2 aromatic rings. The second-order valence-corrected chi connectivity index (χ2v) is 18.5. The molecule has 0 saturated heterocycles. The van der Waals surface area contributed by atoms with Crippen LogP contribution in [0.15, 0.2) is 12.3 Å². The standard InChI is InChI=1S/C29H47F3N6O3Si/c1-20(2)18-37(23-11-9-8-10-12-23)26-24(16-22(17-33-26)21(3)15-25(39)40-4)34-28-35-27(29(30,31)32)38(36-28)19-41-13-14-42(5,6)7/h16-17,20-21,23H,8-15,18-19H2,1-7H3,(H,34,36)/t21-/m1/s1. The van der Waals surface area contributed by atoms with Gasteiger partial charge in [-0.15, -0.1) is 5.10 Å². The Labute approximate surface area is 248 Å². The van der Waals surface area contributed by atoms with E-state index in [0.717, 1.165) is 48.5 Å². The number of alkyl halides is 3. The van der Waals surface area contributed by atoms with Gasteiger partial charge in [-0.05, 0) is 42.4 Å². The van der Waals surface area contributed by atoms with Gasteiger partial charge in [-0.1, -0.05) is 59.7 Å². The predicted octanol–water partition coefficient (Wildman–Crippen LogP) is 7.21. The lowest BCUT2D eigenvalue weighted by Crippen LogP contribution is -2.40. The van der Waals surface area contributed by atoms with Gasteiger partial charge in [0.15, 0.2) is 5.82 Å². The molecule has 2 aromatic heterocycles. The maximum absolute atomic E-state index is 14.0. The Bertz CT molecular complexity index is 1160. The Kier molecular flexibility index (Phi) is 11.8. The van der Waals surface area contributed by atoms with Crippen molar-refractivity contribution in [2.75, 3.05) is 30.5 Å². The van der Waals surface area contributed by atoms with Crippen LogP contribution in [0.5, 0.6) is 0 Å². The fourth-order valence-electron chi connectivity index (χ4n) is 5.05. The lowest BCUT2D eigenvalue weighted by Gasteiger charge is -2.37. The number of ether oxygens (including phenoxy) is 2. The zero-order valence-corrected chi connectivity index (χ0v) is 27.1. The maximum atomic E-state index is 14.0. The molecule has 1 saturated carbocycles. The summed E-state index contributed by atoms with van der Waals surface area (Å²) in [5.74, 6) is -0.917. The van der Waals surface area contributed by atoms with Gasteiger partial charge in [-0.3, -0.25) is 4.79 Å². The molecular formula is C29H47F3N6O3Si. The molecule has 1 N–H and O–H groups in total. The molecule has 0 amide bonds. The van der Waals surface area contributed by atoms with Crippen molar-refractivity contribution in [3.05, 3.63) is 23.7 Å². The van der Waals surface area contributed by atoms with Gasteiger partial charge in [0, 0.05) is 33.5 Å². The summed E-state index contributed by atoms with van der Waals surface area (Å²) >= 11 is 0. The molecule has 0 spiro atoms. The summed E-state index contributed by atoms with van der Waals surface area (Å²) in [4.78, 5) is 22.9. The van der Waals surface area contributed by atoms with Crippen molar-refractivity contribution in [3.63, 3.8) is 0 Å². The molecule has 9 nitrogen and oxygen atoms in total. The van der Waals surface area contributed by atoms with Crippen LogP contribution in [0.25, 0.3) is 0 Å². The second-order valence-electron chi connectivity index (χ2n) is 12.9. The highest BCUT2D eigenvalue weighted by Crippen LogP contribution is 2.36. The Morgan fingerprint density at radius 1 is 1.19 bits per heavy atom. The first-order valence-corrected chi connectivity index (χ1v) is 18.6. The maximum Gasteiger partial charge on any atom is 0.451 e. The van der Waals surface area contributed by atoms with E-state index >= 15 is 0 Å². The summed E-state index contributed by atoms with van der Waals surface area (Å²) in [5, 5.41) is 7.22. The minimum Gasteiger partial charge on any atom is -0.469 e. The molecule has 42 heavy (non-hydrogen) atoms. The Balaban J connectivity index is 2.00. The fraction of sp³-hybridized carbons (Fsp3) is 0.724. The van der Waals surface area contributed by atoms with Gasteiger partial charge in [-0.25, -0.2) is 9.67 Å². The van der Waals surface area contributed by atoms with Crippen LogP contribution >= 0.6 is 0 Å². The SMILES string of the molecule is COC(=O)C[C@@H](C)c1cnc(N(CC(C)C)C2CCCCC2)c(Nc2nc(C(F)(F)F)n(COCC[Si](C)(C)C)n2)c1. The van der Waals surface area contributed by atoms with Crippen LogP contribution in [0.2, 0.25) is 25.7 Å². The lowest BCUT2D eigenvalue weighted by atomic mass is 9.93. The monoisotopic (exact) mass is 612 g/mol. The van der Waals surface area contributed by atoms with Crippen molar-refractivity contribution < 1.29 is 27.4 Å². The van der Waals surface area contributed by atoms with Crippen molar-refractivity contribution in [3.8, 4) is 0 Å². The Hall–Kier alpha value is -2.67. The van der Waals surface area contributed by atoms with Gasteiger partial charge in [0.25, 0.3) is 0 Å². The molecule has 1 fully saturated rings. The molecular weight excluding hydrogens is 565 g/mol. The van der Waals surface area contributed by atoms with Crippen LogP contribution in [0.1, 0.15) is 76.6 Å². The van der Waals surface area contributed by atoms with Crippen molar-refractivity contribution >= 4 is 31.5 Å². The highest BCUT2D eigenvalue weighted by molar-refractivity contribution is 6.76. The number of hydrogen-bond donors (Lipinski definition) is 1. The normalized spacial score (nSPS) is 15.6. The summed E-state index contributed by atoms with van der Waals surface area (Å²) in [6.45, 7) is 13.4. The zero-order chi connectivity index (χ0) is 31.1. The molecule has 236 valence electrons. The number of nitrogens with one attached hydrogen (secondary N) is 1. The van der Waals surface area contributed by atoms with Gasteiger partial charge >= 0.3 is 12.1 Å². The first-order chi connectivity index (χ1) is 19.7. The molecule has 0 aromatic carbocycles. The molecule has 1 aliphatic rings. The topological polar surface area (TPSA) is 94.4 Å². The van der Waals surface area contributed by atoms with Crippen LogP contribution in [0.3, 0.4) is 0 Å². The van der Waals surface area contributed by atoms with Crippen molar-refractivity contribution in [1.82, 2.24) is 19.7 Å². The number of carbonyl (C=O) groups excluding carboxylic acids is 1. The van der Waals surface area contributed by atoms with Crippen LogP contribution in [0, 0.1) is 5.92 Å². The number of esters is 1. The third kappa shape index (κ3) is 9.96. The van der Waals surface area contributed by atoms with Crippen LogP contribution < -0.4 is 10.2 Å². The van der Waals surface area contributed by atoms with Crippen LogP contribution in [-0.2, 0) is 27.2 Å². The van der Waals surface area contributed by atoms with E-state index < -0.39 is 20.1 Å². The van der Waals surface area contributed by atoms with Gasteiger partial charge in [-0.2, -0.15) is 18.2 Å². The number of hydrogen-bond acceptors (Lipinski definition) is 8. The molecule has 2 heterocycles. The Morgan fingerprint density at radius 2 is 1.88 bits per heavy atom. The number of methoxy groups -OCH3 is 1. The number of pyridine rings is 1. The molecule has 0 aliphatic heterocycles. The number of carbonyl (C=O) groups is 1. The first kappa shape index (κ1) is 33.8.